The number of nitrogen functional groups attached to an aromatic ring is 1. The van der Waals surface area contributed by atoms with Crippen molar-refractivity contribution in [2.45, 2.75) is 6.54 Å². The molecule has 0 amide bonds. The van der Waals surface area contributed by atoms with Crippen molar-refractivity contribution in [2.75, 3.05) is 24.3 Å². The highest BCUT2D eigenvalue weighted by Crippen LogP contribution is 2.33. The third-order valence-corrected chi connectivity index (χ3v) is 4.20. The van der Waals surface area contributed by atoms with E-state index in [0.717, 1.165) is 5.56 Å². The first-order valence-electron chi connectivity index (χ1n) is 6.79. The molecule has 1 heterocycles. The van der Waals surface area contributed by atoms with E-state index in [9.17, 15) is 13.5 Å². The molecule has 0 saturated carbocycles. The van der Waals surface area contributed by atoms with Crippen LogP contribution in [0.25, 0.3) is 11.3 Å². The second-order valence-electron chi connectivity index (χ2n) is 5.15. The summed E-state index contributed by atoms with van der Waals surface area (Å²) in [6, 6.07) is 6.62. The molecule has 23 heavy (non-hydrogen) atoms. The van der Waals surface area contributed by atoms with Crippen LogP contribution in [0.2, 0.25) is 0 Å². The van der Waals surface area contributed by atoms with E-state index in [-0.39, 0.29) is 22.8 Å². The Bertz CT molecular complexity index is 850. The van der Waals surface area contributed by atoms with Gasteiger partial charge in [0.1, 0.15) is 27.4 Å². The molecule has 2 aromatic rings. The number of phenolic OH excluding ortho intramolecular Hbond substituents is 1. The summed E-state index contributed by atoms with van der Waals surface area (Å²) in [6.45, 7) is 0.717. The van der Waals surface area contributed by atoms with Gasteiger partial charge in [0.2, 0.25) is 0 Å². The van der Waals surface area contributed by atoms with Crippen LogP contribution in [0.1, 0.15) is 11.1 Å². The first kappa shape index (κ1) is 16.9. The van der Waals surface area contributed by atoms with E-state index < -0.39 is 9.84 Å². The summed E-state index contributed by atoms with van der Waals surface area (Å²) in [5.41, 5.74) is 7.11. The topological polar surface area (TPSA) is 129 Å². The number of nitrogens with zero attached hydrogens (tertiary/aromatic N) is 1. The zero-order chi connectivity index (χ0) is 17.0. The van der Waals surface area contributed by atoms with Gasteiger partial charge in [-0.05, 0) is 18.2 Å². The molecule has 0 aliphatic rings. The fraction of sp³-hybridized carbons (Fsp3) is 0.267. The summed E-state index contributed by atoms with van der Waals surface area (Å²) in [5, 5.41) is 21.9. The molecule has 0 saturated heterocycles. The van der Waals surface area contributed by atoms with E-state index in [2.05, 4.69) is 5.32 Å². The van der Waals surface area contributed by atoms with Gasteiger partial charge < -0.3 is 20.6 Å². The number of hydrogen-bond donors (Lipinski definition) is 3. The number of nitriles is 1. The lowest BCUT2D eigenvalue weighted by molar-refractivity contribution is 0.477. The van der Waals surface area contributed by atoms with Gasteiger partial charge in [0.15, 0.2) is 0 Å². The Morgan fingerprint density at radius 2 is 2.17 bits per heavy atom. The fourth-order valence-corrected chi connectivity index (χ4v) is 2.59. The first-order chi connectivity index (χ1) is 10.8. The lowest BCUT2D eigenvalue weighted by Crippen LogP contribution is -2.21. The normalized spacial score (nSPS) is 11.3. The third-order valence-electron chi connectivity index (χ3n) is 3.25. The van der Waals surface area contributed by atoms with Crippen LogP contribution in [0.15, 0.2) is 28.9 Å². The van der Waals surface area contributed by atoms with Gasteiger partial charge in [0.25, 0.3) is 0 Å². The van der Waals surface area contributed by atoms with Crippen molar-refractivity contribution < 1.29 is 17.9 Å². The van der Waals surface area contributed by atoms with Gasteiger partial charge in [0.05, 0.1) is 23.3 Å². The molecule has 0 radical (unpaired) electrons. The van der Waals surface area contributed by atoms with Crippen molar-refractivity contribution in [1.82, 2.24) is 5.32 Å². The van der Waals surface area contributed by atoms with Crippen LogP contribution in [0.3, 0.4) is 0 Å². The minimum Gasteiger partial charge on any atom is -0.506 e. The van der Waals surface area contributed by atoms with Crippen molar-refractivity contribution in [3.8, 4) is 23.1 Å². The number of nitrogens with one attached hydrogen (secondary N) is 1. The largest absolute Gasteiger partial charge is 0.506 e. The Balaban J connectivity index is 2.18. The zero-order valence-electron chi connectivity index (χ0n) is 12.5. The predicted octanol–water partition coefficient (Wildman–Crippen LogP) is 1.24. The van der Waals surface area contributed by atoms with Gasteiger partial charge in [-0.2, -0.15) is 5.26 Å². The van der Waals surface area contributed by atoms with E-state index in [1.54, 1.807) is 6.07 Å². The molecule has 1 aromatic carbocycles. The van der Waals surface area contributed by atoms with E-state index in [1.165, 1.54) is 24.7 Å². The lowest BCUT2D eigenvalue weighted by Gasteiger charge is -2.08. The Hall–Kier alpha value is -2.50. The van der Waals surface area contributed by atoms with Crippen LogP contribution in [0, 0.1) is 11.3 Å². The highest BCUT2D eigenvalue weighted by molar-refractivity contribution is 7.90. The highest BCUT2D eigenvalue weighted by Gasteiger charge is 2.14. The molecule has 0 aliphatic heterocycles. The van der Waals surface area contributed by atoms with Crippen LogP contribution in [-0.4, -0.2) is 32.1 Å². The van der Waals surface area contributed by atoms with E-state index in [0.29, 0.717) is 24.4 Å². The van der Waals surface area contributed by atoms with Gasteiger partial charge >= 0.3 is 0 Å². The van der Waals surface area contributed by atoms with Crippen molar-refractivity contribution in [2.24, 2.45) is 0 Å². The van der Waals surface area contributed by atoms with Crippen LogP contribution in [-0.2, 0) is 16.4 Å². The van der Waals surface area contributed by atoms with Crippen molar-refractivity contribution in [3.63, 3.8) is 0 Å². The zero-order valence-corrected chi connectivity index (χ0v) is 13.4. The number of anilines is 1. The van der Waals surface area contributed by atoms with Crippen LogP contribution in [0.4, 0.5) is 5.69 Å². The standard InChI is InChI=1S/C15H17N3O4S/c1-23(20,21)5-3-18-9-10-2-4-22-15(10)11-6-12(8-16)14(17)13(19)7-11/h2,4,6-7,18-19H,3,5,9,17H2,1H3. The molecule has 0 unspecified atom stereocenters. The quantitative estimate of drug-likeness (QED) is 0.411. The van der Waals surface area contributed by atoms with Crippen molar-refractivity contribution >= 4 is 15.5 Å². The smallest absolute Gasteiger partial charge is 0.148 e. The molecule has 2 rings (SSSR count). The third kappa shape index (κ3) is 4.25. The number of hydrogen-bond acceptors (Lipinski definition) is 7. The van der Waals surface area contributed by atoms with Gasteiger partial charge in [-0.1, -0.05) is 0 Å². The average molecular weight is 335 g/mol. The number of sulfone groups is 1. The van der Waals surface area contributed by atoms with Gasteiger partial charge in [-0.25, -0.2) is 8.42 Å². The predicted molar refractivity (Wildman–Crippen MR) is 86.4 cm³/mol. The second-order valence-corrected chi connectivity index (χ2v) is 7.41. The van der Waals surface area contributed by atoms with Crippen molar-refractivity contribution in [1.29, 1.82) is 5.26 Å². The molecule has 0 bridgehead atoms. The molecular formula is C15H17N3O4S. The molecule has 7 nitrogen and oxygen atoms in total. The van der Waals surface area contributed by atoms with Crippen LogP contribution in [0.5, 0.6) is 5.75 Å². The Labute approximate surface area is 134 Å². The van der Waals surface area contributed by atoms with Crippen LogP contribution >= 0.6 is 0 Å². The summed E-state index contributed by atoms with van der Waals surface area (Å²) in [5.74, 6) is 0.344. The van der Waals surface area contributed by atoms with E-state index >= 15 is 0 Å². The Morgan fingerprint density at radius 1 is 1.43 bits per heavy atom. The lowest BCUT2D eigenvalue weighted by atomic mass is 10.0. The summed E-state index contributed by atoms with van der Waals surface area (Å²) in [7, 11) is -3.02. The maximum Gasteiger partial charge on any atom is 0.148 e. The number of rotatable bonds is 6. The number of benzene rings is 1. The monoisotopic (exact) mass is 335 g/mol. The number of phenols is 1. The molecule has 0 atom stereocenters. The van der Waals surface area contributed by atoms with Gasteiger partial charge in [-0.3, -0.25) is 0 Å². The summed E-state index contributed by atoms with van der Waals surface area (Å²) in [6.07, 6.45) is 2.67. The Kier molecular flexibility index (Phi) is 4.93. The SMILES string of the molecule is CS(=O)(=O)CCNCc1ccoc1-c1cc(O)c(N)c(C#N)c1. The minimum absolute atomic E-state index is 0.0237. The summed E-state index contributed by atoms with van der Waals surface area (Å²) >= 11 is 0. The maximum absolute atomic E-state index is 11.1. The van der Waals surface area contributed by atoms with Gasteiger partial charge in [0, 0.05) is 30.5 Å². The maximum atomic E-state index is 11.1. The Morgan fingerprint density at radius 3 is 2.83 bits per heavy atom. The molecule has 122 valence electrons. The minimum atomic E-state index is -3.02. The van der Waals surface area contributed by atoms with Crippen molar-refractivity contribution in [3.05, 3.63) is 35.6 Å². The molecule has 8 heteroatoms. The molecule has 1 aromatic heterocycles. The molecule has 0 aliphatic carbocycles. The first-order valence-corrected chi connectivity index (χ1v) is 8.85. The summed E-state index contributed by atoms with van der Waals surface area (Å²) in [4.78, 5) is 0. The van der Waals surface area contributed by atoms with E-state index in [4.69, 9.17) is 15.4 Å². The number of aromatic hydroxyl groups is 1. The highest BCUT2D eigenvalue weighted by atomic mass is 32.2. The summed E-state index contributed by atoms with van der Waals surface area (Å²) < 4.78 is 27.6. The van der Waals surface area contributed by atoms with E-state index in [1.807, 2.05) is 6.07 Å². The van der Waals surface area contributed by atoms with Gasteiger partial charge in [-0.15, -0.1) is 0 Å². The molecular weight excluding hydrogens is 318 g/mol. The molecule has 4 N–H and O–H groups in total. The van der Waals surface area contributed by atoms with Crippen LogP contribution < -0.4 is 11.1 Å². The number of furan rings is 1. The number of nitrogens with two attached hydrogens (primary N) is 1. The molecule has 0 spiro atoms. The fourth-order valence-electron chi connectivity index (χ4n) is 2.07. The second kappa shape index (κ2) is 6.73. The molecule has 0 fully saturated rings. The average Bonchev–Trinajstić information content (AvgIpc) is 2.94.